The van der Waals surface area contributed by atoms with Crippen LogP contribution >= 0.6 is 11.9 Å². The smallest absolute Gasteiger partial charge is 0.0660 e. The Bertz CT molecular complexity index is 310. The fraction of sp³-hybridized carbons (Fsp3) is 0.400. The molecule has 0 N–H and O–H groups in total. The standard InChI is InChI=1S/C10H10NS/c1-2-4-9-7(3-1)5-8-6-12-11-10(8)9/h1-4,8,10H,5-6H2. The van der Waals surface area contributed by atoms with Crippen LogP contribution in [0.4, 0.5) is 0 Å². The molecule has 1 aromatic rings. The lowest BCUT2D eigenvalue weighted by Crippen LogP contribution is -2.05. The van der Waals surface area contributed by atoms with Crippen molar-refractivity contribution in [1.29, 1.82) is 0 Å². The van der Waals surface area contributed by atoms with E-state index in [1.165, 1.54) is 23.3 Å². The summed E-state index contributed by atoms with van der Waals surface area (Å²) in [5, 5.41) is 0. The van der Waals surface area contributed by atoms with E-state index in [9.17, 15) is 0 Å². The van der Waals surface area contributed by atoms with Crippen molar-refractivity contribution in [2.45, 2.75) is 12.5 Å². The van der Waals surface area contributed by atoms with Crippen molar-refractivity contribution >= 4 is 11.9 Å². The summed E-state index contributed by atoms with van der Waals surface area (Å²) in [4.78, 5) is 0. The van der Waals surface area contributed by atoms with Crippen molar-refractivity contribution in [1.82, 2.24) is 4.72 Å². The van der Waals surface area contributed by atoms with E-state index in [1.807, 2.05) is 0 Å². The third-order valence-corrected chi connectivity index (χ3v) is 3.73. The Morgan fingerprint density at radius 3 is 3.25 bits per heavy atom. The summed E-state index contributed by atoms with van der Waals surface area (Å²) in [6.07, 6.45) is 1.25. The summed E-state index contributed by atoms with van der Waals surface area (Å²) < 4.78 is 4.56. The Labute approximate surface area is 76.7 Å². The molecule has 2 aliphatic rings. The number of hydrogen-bond acceptors (Lipinski definition) is 1. The Morgan fingerprint density at radius 1 is 1.33 bits per heavy atom. The van der Waals surface area contributed by atoms with Gasteiger partial charge in [0.2, 0.25) is 0 Å². The molecule has 1 heterocycles. The summed E-state index contributed by atoms with van der Waals surface area (Å²) >= 11 is 1.75. The van der Waals surface area contributed by atoms with Gasteiger partial charge in [-0.15, -0.1) is 0 Å². The molecule has 0 aromatic heterocycles. The quantitative estimate of drug-likeness (QED) is 0.552. The number of rotatable bonds is 0. The van der Waals surface area contributed by atoms with E-state index in [1.54, 1.807) is 11.9 Å². The summed E-state index contributed by atoms with van der Waals surface area (Å²) in [6.45, 7) is 0. The number of hydrogen-bond donors (Lipinski definition) is 0. The zero-order valence-corrected chi connectivity index (χ0v) is 7.55. The van der Waals surface area contributed by atoms with E-state index in [4.69, 9.17) is 0 Å². The largest absolute Gasteiger partial charge is 0.167 e. The second-order valence-corrected chi connectivity index (χ2v) is 4.31. The van der Waals surface area contributed by atoms with Gasteiger partial charge in [-0.05, 0) is 23.5 Å². The maximum Gasteiger partial charge on any atom is 0.0660 e. The lowest BCUT2D eigenvalue weighted by Gasteiger charge is -2.05. The van der Waals surface area contributed by atoms with Crippen LogP contribution < -0.4 is 4.72 Å². The van der Waals surface area contributed by atoms with Crippen molar-refractivity contribution in [2.24, 2.45) is 5.92 Å². The van der Waals surface area contributed by atoms with Gasteiger partial charge in [0.05, 0.1) is 6.04 Å². The third-order valence-electron chi connectivity index (χ3n) is 2.78. The van der Waals surface area contributed by atoms with E-state index < -0.39 is 0 Å². The summed E-state index contributed by atoms with van der Waals surface area (Å²) in [6, 6.07) is 9.25. The van der Waals surface area contributed by atoms with Crippen LogP contribution in [0.15, 0.2) is 24.3 Å². The first-order valence-electron chi connectivity index (χ1n) is 4.35. The molecule has 0 saturated carbocycles. The van der Waals surface area contributed by atoms with Crippen LogP contribution in [0.2, 0.25) is 0 Å². The number of benzene rings is 1. The highest BCUT2D eigenvalue weighted by atomic mass is 32.2. The second kappa shape index (κ2) is 2.51. The molecular formula is C10H10NS. The SMILES string of the molecule is c1ccc2c(c1)CC1CS[N]C21. The zero-order chi connectivity index (χ0) is 7.97. The lowest BCUT2D eigenvalue weighted by atomic mass is 10.0. The van der Waals surface area contributed by atoms with Crippen LogP contribution in [0.25, 0.3) is 0 Å². The van der Waals surface area contributed by atoms with Crippen LogP contribution in [-0.4, -0.2) is 5.75 Å². The fourth-order valence-electron chi connectivity index (χ4n) is 2.17. The van der Waals surface area contributed by atoms with Gasteiger partial charge in [-0.3, -0.25) is 0 Å². The van der Waals surface area contributed by atoms with Gasteiger partial charge >= 0.3 is 0 Å². The second-order valence-electron chi connectivity index (χ2n) is 3.51. The minimum Gasteiger partial charge on any atom is -0.167 e. The van der Waals surface area contributed by atoms with E-state index >= 15 is 0 Å². The predicted octanol–water partition coefficient (Wildman–Crippen LogP) is 2.17. The van der Waals surface area contributed by atoms with Gasteiger partial charge in [0.25, 0.3) is 0 Å². The molecule has 1 aromatic carbocycles. The molecule has 2 atom stereocenters. The van der Waals surface area contributed by atoms with Gasteiger partial charge in [0.1, 0.15) is 0 Å². The molecule has 1 fully saturated rings. The minimum atomic E-state index is 0.520. The van der Waals surface area contributed by atoms with Crippen LogP contribution in [-0.2, 0) is 6.42 Å². The fourth-order valence-corrected chi connectivity index (χ4v) is 3.19. The predicted molar refractivity (Wildman–Crippen MR) is 51.0 cm³/mol. The molecule has 0 bridgehead atoms. The average molecular weight is 176 g/mol. The molecule has 3 rings (SSSR count). The van der Waals surface area contributed by atoms with E-state index in [0.717, 1.165) is 5.92 Å². The van der Waals surface area contributed by atoms with E-state index in [-0.39, 0.29) is 0 Å². The van der Waals surface area contributed by atoms with Crippen LogP contribution in [0, 0.1) is 5.92 Å². The summed E-state index contributed by atoms with van der Waals surface area (Å²) in [5.74, 6) is 2.02. The van der Waals surface area contributed by atoms with Crippen LogP contribution in [0.3, 0.4) is 0 Å². The Morgan fingerprint density at radius 2 is 2.25 bits per heavy atom. The molecule has 1 nitrogen and oxygen atoms in total. The van der Waals surface area contributed by atoms with Crippen molar-refractivity contribution in [2.75, 3.05) is 5.75 Å². The van der Waals surface area contributed by atoms with Crippen LogP contribution in [0.5, 0.6) is 0 Å². The molecule has 2 unspecified atom stereocenters. The minimum absolute atomic E-state index is 0.520. The monoisotopic (exact) mass is 176 g/mol. The van der Waals surface area contributed by atoms with Crippen molar-refractivity contribution in [3.8, 4) is 0 Å². The van der Waals surface area contributed by atoms with Gasteiger partial charge in [-0.1, -0.05) is 36.2 Å². The molecule has 1 radical (unpaired) electrons. The summed E-state index contributed by atoms with van der Waals surface area (Å²) in [5.41, 5.74) is 3.00. The molecular weight excluding hydrogens is 166 g/mol. The normalized spacial score (nSPS) is 31.7. The highest BCUT2D eigenvalue weighted by Crippen LogP contribution is 2.43. The van der Waals surface area contributed by atoms with Gasteiger partial charge < -0.3 is 0 Å². The summed E-state index contributed by atoms with van der Waals surface area (Å²) in [7, 11) is 0. The highest BCUT2D eigenvalue weighted by molar-refractivity contribution is 7.97. The molecule has 1 aliphatic heterocycles. The van der Waals surface area contributed by atoms with E-state index in [2.05, 4.69) is 29.0 Å². The Kier molecular flexibility index (Phi) is 1.46. The first-order chi connectivity index (χ1) is 5.95. The molecule has 1 saturated heterocycles. The highest BCUT2D eigenvalue weighted by Gasteiger charge is 2.37. The van der Waals surface area contributed by atoms with Gasteiger partial charge in [0, 0.05) is 5.75 Å². The van der Waals surface area contributed by atoms with Gasteiger partial charge in [0.15, 0.2) is 0 Å². The topological polar surface area (TPSA) is 14.1 Å². The van der Waals surface area contributed by atoms with Crippen molar-refractivity contribution < 1.29 is 0 Å². The molecule has 0 amide bonds. The molecule has 12 heavy (non-hydrogen) atoms. The van der Waals surface area contributed by atoms with Gasteiger partial charge in [-0.2, -0.15) is 4.72 Å². The number of nitrogens with zero attached hydrogens (tertiary/aromatic N) is 1. The first-order valence-corrected chi connectivity index (χ1v) is 5.29. The first kappa shape index (κ1) is 6.98. The molecule has 1 aliphatic carbocycles. The van der Waals surface area contributed by atoms with Crippen molar-refractivity contribution in [3.05, 3.63) is 35.4 Å². The third kappa shape index (κ3) is 0.852. The Hall–Kier alpha value is -0.470. The lowest BCUT2D eigenvalue weighted by molar-refractivity contribution is 0.520. The van der Waals surface area contributed by atoms with E-state index in [0.29, 0.717) is 6.04 Å². The Balaban J connectivity index is 2.09. The molecule has 61 valence electrons. The van der Waals surface area contributed by atoms with Crippen molar-refractivity contribution in [3.63, 3.8) is 0 Å². The van der Waals surface area contributed by atoms with Gasteiger partial charge in [-0.25, -0.2) is 0 Å². The maximum atomic E-state index is 4.56. The average Bonchev–Trinajstić information content (AvgIpc) is 2.62. The molecule has 2 heteroatoms. The maximum absolute atomic E-state index is 4.56. The molecule has 0 spiro atoms. The zero-order valence-electron chi connectivity index (χ0n) is 6.73. The number of fused-ring (bicyclic) bond motifs is 3. The van der Waals surface area contributed by atoms with Crippen LogP contribution in [0.1, 0.15) is 17.2 Å².